The molecular weight excluding hydrogens is 350 g/mol. The van der Waals surface area contributed by atoms with Crippen LogP contribution in [-0.4, -0.2) is 24.9 Å². The van der Waals surface area contributed by atoms with Crippen LogP contribution in [0.3, 0.4) is 0 Å². The monoisotopic (exact) mass is 377 g/mol. The Balaban J connectivity index is 1.29. The number of piperidine rings is 1. The zero-order valence-electron chi connectivity index (χ0n) is 16.1. The molecule has 5 nitrogen and oxygen atoms in total. The summed E-state index contributed by atoms with van der Waals surface area (Å²) in [5.41, 5.74) is 4.22. The van der Waals surface area contributed by atoms with Gasteiger partial charge >= 0.3 is 0 Å². The number of anilines is 2. The maximum Gasteiger partial charge on any atom is 0.232 e. The van der Waals surface area contributed by atoms with Crippen LogP contribution < -0.4 is 15.5 Å². The fraction of sp³-hybridized carbons (Fsp3) is 0.391. The van der Waals surface area contributed by atoms with Crippen molar-refractivity contribution in [1.82, 2.24) is 5.32 Å². The van der Waals surface area contributed by atoms with Crippen molar-refractivity contribution in [3.05, 3.63) is 59.7 Å². The van der Waals surface area contributed by atoms with Gasteiger partial charge in [-0.25, -0.2) is 0 Å². The summed E-state index contributed by atoms with van der Waals surface area (Å²) >= 11 is 0. The first-order chi connectivity index (χ1) is 13.7. The van der Waals surface area contributed by atoms with Gasteiger partial charge in [-0.1, -0.05) is 30.3 Å². The second-order valence-electron chi connectivity index (χ2n) is 7.66. The van der Waals surface area contributed by atoms with E-state index in [1.807, 2.05) is 30.3 Å². The van der Waals surface area contributed by atoms with E-state index in [0.29, 0.717) is 19.4 Å². The van der Waals surface area contributed by atoms with Crippen molar-refractivity contribution >= 4 is 23.2 Å². The van der Waals surface area contributed by atoms with Crippen LogP contribution in [0.1, 0.15) is 49.1 Å². The highest BCUT2D eigenvalue weighted by atomic mass is 16.2. The van der Waals surface area contributed by atoms with Gasteiger partial charge in [-0.05, 0) is 55.0 Å². The third-order valence-corrected chi connectivity index (χ3v) is 5.69. The predicted molar refractivity (Wildman–Crippen MR) is 111 cm³/mol. The molecule has 146 valence electrons. The minimum Gasteiger partial charge on any atom is -0.372 e. The van der Waals surface area contributed by atoms with Gasteiger partial charge in [-0.2, -0.15) is 0 Å². The van der Waals surface area contributed by atoms with Gasteiger partial charge in [0.25, 0.3) is 0 Å². The van der Waals surface area contributed by atoms with E-state index in [1.54, 1.807) is 0 Å². The number of para-hydroxylation sites is 1. The molecule has 0 aromatic heterocycles. The Labute approximate surface area is 166 Å². The van der Waals surface area contributed by atoms with E-state index < -0.39 is 0 Å². The lowest BCUT2D eigenvalue weighted by Crippen LogP contribution is -2.29. The second kappa shape index (κ2) is 8.46. The molecule has 2 aliphatic rings. The molecule has 0 radical (unpaired) electrons. The summed E-state index contributed by atoms with van der Waals surface area (Å²) in [7, 11) is 0. The molecule has 1 saturated heterocycles. The van der Waals surface area contributed by atoms with Crippen LogP contribution in [0.5, 0.6) is 0 Å². The Kier molecular flexibility index (Phi) is 5.60. The molecule has 2 aromatic rings. The fourth-order valence-electron chi connectivity index (χ4n) is 4.14. The number of carbonyl (C=O) groups excluding carboxylic acids is 2. The Morgan fingerprint density at radius 1 is 1.07 bits per heavy atom. The number of hydrogen-bond donors (Lipinski definition) is 2. The molecule has 1 fully saturated rings. The zero-order chi connectivity index (χ0) is 19.3. The molecule has 2 aromatic carbocycles. The van der Waals surface area contributed by atoms with Gasteiger partial charge in [0.2, 0.25) is 11.8 Å². The van der Waals surface area contributed by atoms with Crippen molar-refractivity contribution in [2.75, 3.05) is 23.3 Å². The number of hydrogen-bond acceptors (Lipinski definition) is 3. The van der Waals surface area contributed by atoms with Crippen LogP contribution in [0.4, 0.5) is 11.4 Å². The van der Waals surface area contributed by atoms with Gasteiger partial charge < -0.3 is 15.5 Å². The number of benzene rings is 2. The van der Waals surface area contributed by atoms with E-state index in [2.05, 4.69) is 33.7 Å². The first-order valence-electron chi connectivity index (χ1n) is 10.2. The minimum atomic E-state index is -0.232. The number of rotatable bonds is 6. The van der Waals surface area contributed by atoms with Crippen LogP contribution in [0.15, 0.2) is 48.5 Å². The molecular formula is C23H27N3O2. The molecule has 4 rings (SSSR count). The summed E-state index contributed by atoms with van der Waals surface area (Å²) in [5, 5.41) is 5.89. The van der Waals surface area contributed by atoms with Crippen molar-refractivity contribution in [2.24, 2.45) is 0 Å². The van der Waals surface area contributed by atoms with Crippen molar-refractivity contribution in [3.8, 4) is 0 Å². The van der Waals surface area contributed by atoms with Crippen molar-refractivity contribution in [1.29, 1.82) is 0 Å². The predicted octanol–water partition coefficient (Wildman–Crippen LogP) is 3.81. The van der Waals surface area contributed by atoms with Gasteiger partial charge in [-0.15, -0.1) is 0 Å². The van der Waals surface area contributed by atoms with Gasteiger partial charge in [0, 0.05) is 37.4 Å². The summed E-state index contributed by atoms with van der Waals surface area (Å²) in [5.74, 6) is -0.256. The van der Waals surface area contributed by atoms with E-state index in [1.165, 1.54) is 24.9 Å². The average Bonchev–Trinajstić information content (AvgIpc) is 3.06. The van der Waals surface area contributed by atoms with E-state index in [0.717, 1.165) is 29.9 Å². The van der Waals surface area contributed by atoms with Gasteiger partial charge in [0.05, 0.1) is 5.92 Å². The highest BCUT2D eigenvalue weighted by molar-refractivity contribution is 6.03. The lowest BCUT2D eigenvalue weighted by atomic mass is 9.95. The molecule has 2 amide bonds. The summed E-state index contributed by atoms with van der Waals surface area (Å²) in [6, 6.07) is 16.1. The summed E-state index contributed by atoms with van der Waals surface area (Å²) in [6.07, 6.45) is 4.69. The Morgan fingerprint density at radius 2 is 1.89 bits per heavy atom. The molecule has 0 unspecified atom stereocenters. The van der Waals surface area contributed by atoms with Gasteiger partial charge in [-0.3, -0.25) is 9.59 Å². The zero-order valence-corrected chi connectivity index (χ0v) is 16.1. The third kappa shape index (κ3) is 4.19. The molecule has 28 heavy (non-hydrogen) atoms. The third-order valence-electron chi connectivity index (χ3n) is 5.69. The van der Waals surface area contributed by atoms with Crippen LogP contribution in [-0.2, 0) is 16.1 Å². The Bertz CT molecular complexity index is 858. The summed E-state index contributed by atoms with van der Waals surface area (Å²) < 4.78 is 0. The lowest BCUT2D eigenvalue weighted by Gasteiger charge is -2.29. The highest BCUT2D eigenvalue weighted by Gasteiger charge is 2.30. The van der Waals surface area contributed by atoms with Crippen molar-refractivity contribution in [3.63, 3.8) is 0 Å². The molecule has 2 N–H and O–H groups in total. The SMILES string of the molecule is O=C(CC[C@H]1C(=O)Nc2ccccc21)NCc1cccc(N2CCCCC2)c1. The van der Waals surface area contributed by atoms with Crippen LogP contribution in [0.25, 0.3) is 0 Å². The standard InChI is InChI=1S/C23H27N3O2/c27-22(12-11-20-19-9-2-3-10-21(19)25-23(20)28)24-16-17-7-6-8-18(15-17)26-13-4-1-5-14-26/h2-3,6-10,15,20H,1,4-5,11-14,16H2,(H,24,27)(H,25,28)/t20-/m1/s1. The van der Waals surface area contributed by atoms with Gasteiger partial charge in [0.1, 0.15) is 0 Å². The van der Waals surface area contributed by atoms with Crippen molar-refractivity contribution < 1.29 is 9.59 Å². The van der Waals surface area contributed by atoms with E-state index >= 15 is 0 Å². The molecule has 2 aliphatic heterocycles. The van der Waals surface area contributed by atoms with Crippen LogP contribution in [0, 0.1) is 0 Å². The maximum atomic E-state index is 12.3. The smallest absolute Gasteiger partial charge is 0.232 e. The van der Waals surface area contributed by atoms with Crippen LogP contribution in [0.2, 0.25) is 0 Å². The first-order valence-corrected chi connectivity index (χ1v) is 10.2. The highest BCUT2D eigenvalue weighted by Crippen LogP contribution is 2.34. The fourth-order valence-corrected chi connectivity index (χ4v) is 4.14. The second-order valence-corrected chi connectivity index (χ2v) is 7.66. The van der Waals surface area contributed by atoms with Gasteiger partial charge in [0.15, 0.2) is 0 Å². The molecule has 5 heteroatoms. The summed E-state index contributed by atoms with van der Waals surface area (Å²) in [6.45, 7) is 2.75. The maximum absolute atomic E-state index is 12.3. The Morgan fingerprint density at radius 3 is 2.75 bits per heavy atom. The number of fused-ring (bicyclic) bond motifs is 1. The minimum absolute atomic E-state index is 0.0109. The normalized spacial score (nSPS) is 18.5. The average molecular weight is 377 g/mol. The lowest BCUT2D eigenvalue weighted by molar-refractivity contribution is -0.121. The van der Waals surface area contributed by atoms with Crippen LogP contribution >= 0.6 is 0 Å². The summed E-state index contributed by atoms with van der Waals surface area (Å²) in [4.78, 5) is 26.9. The van der Waals surface area contributed by atoms with Crippen molar-refractivity contribution in [2.45, 2.75) is 44.6 Å². The topological polar surface area (TPSA) is 61.4 Å². The van der Waals surface area contributed by atoms with E-state index in [4.69, 9.17) is 0 Å². The number of carbonyl (C=O) groups is 2. The Hall–Kier alpha value is -2.82. The van der Waals surface area contributed by atoms with E-state index in [-0.39, 0.29) is 17.7 Å². The molecule has 0 saturated carbocycles. The largest absolute Gasteiger partial charge is 0.372 e. The molecule has 0 aliphatic carbocycles. The van der Waals surface area contributed by atoms with E-state index in [9.17, 15) is 9.59 Å². The molecule has 1 atom stereocenters. The number of nitrogens with zero attached hydrogens (tertiary/aromatic N) is 1. The molecule has 0 bridgehead atoms. The first kappa shape index (κ1) is 18.5. The number of nitrogens with one attached hydrogen (secondary N) is 2. The molecule has 0 spiro atoms. The molecule has 2 heterocycles. The number of amides is 2. The quantitative estimate of drug-likeness (QED) is 0.805.